The van der Waals surface area contributed by atoms with Crippen molar-refractivity contribution in [1.82, 2.24) is 4.98 Å². The maximum absolute atomic E-state index is 12.4. The first-order chi connectivity index (χ1) is 6.95. The molecular formula is C9H6ClF3N2. The van der Waals surface area contributed by atoms with Crippen LogP contribution in [0.3, 0.4) is 0 Å². The lowest BCUT2D eigenvalue weighted by atomic mass is 10.2. The van der Waals surface area contributed by atoms with Crippen LogP contribution in [0.4, 0.5) is 13.2 Å². The van der Waals surface area contributed by atoms with E-state index in [0.29, 0.717) is 0 Å². The van der Waals surface area contributed by atoms with Crippen molar-refractivity contribution in [3.8, 4) is 11.8 Å². The van der Waals surface area contributed by atoms with Crippen molar-refractivity contribution in [2.75, 3.05) is 6.54 Å². The van der Waals surface area contributed by atoms with E-state index in [0.717, 1.165) is 6.07 Å². The molecule has 0 aliphatic rings. The van der Waals surface area contributed by atoms with Gasteiger partial charge in [-0.25, -0.2) is 4.98 Å². The van der Waals surface area contributed by atoms with Gasteiger partial charge in [-0.15, -0.1) is 0 Å². The average Bonchev–Trinajstić information content (AvgIpc) is 2.15. The summed E-state index contributed by atoms with van der Waals surface area (Å²) in [5.41, 5.74) is 4.23. The first kappa shape index (κ1) is 11.8. The summed E-state index contributed by atoms with van der Waals surface area (Å²) >= 11 is 5.31. The number of nitrogens with zero attached hydrogens (tertiary/aromatic N) is 1. The van der Waals surface area contributed by atoms with Crippen LogP contribution < -0.4 is 5.73 Å². The fourth-order valence-electron chi connectivity index (χ4n) is 0.868. The molecule has 0 aliphatic heterocycles. The van der Waals surface area contributed by atoms with Crippen LogP contribution >= 0.6 is 11.6 Å². The summed E-state index contributed by atoms with van der Waals surface area (Å²) in [5, 5.41) is -0.583. The second-order valence-corrected chi connectivity index (χ2v) is 2.92. The molecule has 0 amide bonds. The van der Waals surface area contributed by atoms with E-state index in [9.17, 15) is 13.2 Å². The molecule has 80 valence electrons. The lowest BCUT2D eigenvalue weighted by Crippen LogP contribution is -2.07. The summed E-state index contributed by atoms with van der Waals surface area (Å²) in [4.78, 5) is 3.40. The van der Waals surface area contributed by atoms with E-state index in [1.54, 1.807) is 0 Å². The van der Waals surface area contributed by atoms with E-state index in [-0.39, 0.29) is 12.1 Å². The molecule has 15 heavy (non-hydrogen) atoms. The molecule has 6 heteroatoms. The number of hydrogen-bond donors (Lipinski definition) is 1. The number of pyridine rings is 1. The molecule has 0 radical (unpaired) electrons. The standard InChI is InChI=1S/C9H6ClF3N2/c10-8-7(9(11,12)13)4-6(5-15-8)2-1-3-14/h4-5H,3,14H2. The Morgan fingerprint density at radius 1 is 1.47 bits per heavy atom. The highest BCUT2D eigenvalue weighted by Gasteiger charge is 2.34. The smallest absolute Gasteiger partial charge is 0.320 e. The summed E-state index contributed by atoms with van der Waals surface area (Å²) in [7, 11) is 0. The Labute approximate surface area is 89.2 Å². The SMILES string of the molecule is NCC#Cc1cnc(Cl)c(C(F)(F)F)c1. The van der Waals surface area contributed by atoms with Crippen molar-refractivity contribution < 1.29 is 13.2 Å². The topological polar surface area (TPSA) is 38.9 Å². The molecular weight excluding hydrogens is 229 g/mol. The van der Waals surface area contributed by atoms with Gasteiger partial charge in [-0.3, -0.25) is 0 Å². The number of rotatable bonds is 0. The number of halogens is 4. The summed E-state index contributed by atoms with van der Waals surface area (Å²) < 4.78 is 37.1. The Morgan fingerprint density at radius 3 is 2.67 bits per heavy atom. The van der Waals surface area contributed by atoms with Crippen LogP contribution in [-0.4, -0.2) is 11.5 Å². The Bertz CT molecular complexity index is 418. The van der Waals surface area contributed by atoms with Gasteiger partial charge >= 0.3 is 6.18 Å². The maximum Gasteiger partial charge on any atom is 0.419 e. The van der Waals surface area contributed by atoms with Crippen molar-refractivity contribution >= 4 is 11.6 Å². The Kier molecular flexibility index (Phi) is 3.56. The fraction of sp³-hybridized carbons (Fsp3) is 0.222. The van der Waals surface area contributed by atoms with Crippen molar-refractivity contribution in [2.45, 2.75) is 6.18 Å². The van der Waals surface area contributed by atoms with Gasteiger partial charge in [-0.05, 0) is 6.07 Å². The quantitative estimate of drug-likeness (QED) is 0.551. The largest absolute Gasteiger partial charge is 0.419 e. The van der Waals surface area contributed by atoms with Gasteiger partial charge in [0.05, 0.1) is 12.1 Å². The summed E-state index contributed by atoms with van der Waals surface area (Å²) in [5.74, 6) is 4.88. The summed E-state index contributed by atoms with van der Waals surface area (Å²) in [6, 6.07) is 0.845. The molecule has 0 aromatic carbocycles. The monoisotopic (exact) mass is 234 g/mol. The first-order valence-corrected chi connectivity index (χ1v) is 4.24. The second kappa shape index (κ2) is 4.51. The zero-order chi connectivity index (χ0) is 11.5. The third-order valence-corrected chi connectivity index (χ3v) is 1.78. The molecule has 0 spiro atoms. The Hall–Kier alpha value is -1.25. The molecule has 0 aliphatic carbocycles. The molecule has 0 bridgehead atoms. The van der Waals surface area contributed by atoms with Crippen molar-refractivity contribution in [3.63, 3.8) is 0 Å². The van der Waals surface area contributed by atoms with Crippen LogP contribution in [0, 0.1) is 11.8 Å². The van der Waals surface area contributed by atoms with Crippen LogP contribution in [0.25, 0.3) is 0 Å². The summed E-state index contributed by atoms with van der Waals surface area (Å²) in [6.45, 7) is 0.0734. The van der Waals surface area contributed by atoms with Gasteiger partial charge in [-0.2, -0.15) is 13.2 Å². The van der Waals surface area contributed by atoms with Crippen LogP contribution in [0.5, 0.6) is 0 Å². The minimum absolute atomic E-state index is 0.0734. The second-order valence-electron chi connectivity index (χ2n) is 2.57. The van der Waals surface area contributed by atoms with E-state index in [1.165, 1.54) is 6.20 Å². The number of alkyl halides is 3. The van der Waals surface area contributed by atoms with Gasteiger partial charge in [0.15, 0.2) is 0 Å². The number of hydrogen-bond acceptors (Lipinski definition) is 2. The average molecular weight is 235 g/mol. The Balaban J connectivity index is 3.17. The van der Waals surface area contributed by atoms with E-state index in [4.69, 9.17) is 17.3 Å². The van der Waals surface area contributed by atoms with Gasteiger partial charge in [0.1, 0.15) is 5.15 Å². The van der Waals surface area contributed by atoms with E-state index >= 15 is 0 Å². The predicted molar refractivity (Wildman–Crippen MR) is 50.2 cm³/mol. The molecule has 2 nitrogen and oxygen atoms in total. The minimum Gasteiger partial charge on any atom is -0.320 e. The molecule has 2 N–H and O–H groups in total. The van der Waals surface area contributed by atoms with Crippen LogP contribution in [0.15, 0.2) is 12.3 Å². The lowest BCUT2D eigenvalue weighted by molar-refractivity contribution is -0.137. The van der Waals surface area contributed by atoms with Crippen molar-refractivity contribution in [1.29, 1.82) is 0 Å². The van der Waals surface area contributed by atoms with Gasteiger partial charge in [0.25, 0.3) is 0 Å². The van der Waals surface area contributed by atoms with Crippen molar-refractivity contribution in [2.24, 2.45) is 5.73 Å². The van der Waals surface area contributed by atoms with Gasteiger partial charge in [0.2, 0.25) is 0 Å². The molecule has 0 unspecified atom stereocenters. The molecule has 0 fully saturated rings. The molecule has 0 atom stereocenters. The zero-order valence-corrected chi connectivity index (χ0v) is 8.15. The normalized spacial score (nSPS) is 10.7. The first-order valence-electron chi connectivity index (χ1n) is 3.87. The maximum atomic E-state index is 12.4. The molecule has 1 heterocycles. The van der Waals surface area contributed by atoms with Gasteiger partial charge < -0.3 is 5.73 Å². The van der Waals surface area contributed by atoms with Crippen LogP contribution in [0.1, 0.15) is 11.1 Å². The van der Waals surface area contributed by atoms with E-state index < -0.39 is 16.9 Å². The molecule has 1 aromatic rings. The highest BCUT2D eigenvalue weighted by molar-refractivity contribution is 6.30. The van der Waals surface area contributed by atoms with Gasteiger partial charge in [0, 0.05) is 11.8 Å². The zero-order valence-electron chi connectivity index (χ0n) is 7.40. The molecule has 0 saturated carbocycles. The fourth-order valence-corrected chi connectivity index (χ4v) is 1.08. The van der Waals surface area contributed by atoms with Crippen molar-refractivity contribution in [3.05, 3.63) is 28.5 Å². The van der Waals surface area contributed by atoms with Crippen LogP contribution in [0.2, 0.25) is 5.15 Å². The summed E-state index contributed by atoms with van der Waals surface area (Å²) in [6.07, 6.45) is -3.36. The Morgan fingerprint density at radius 2 is 2.13 bits per heavy atom. The molecule has 1 rings (SSSR count). The highest BCUT2D eigenvalue weighted by atomic mass is 35.5. The van der Waals surface area contributed by atoms with E-state index in [2.05, 4.69) is 16.8 Å². The predicted octanol–water partition coefficient (Wildman–Crippen LogP) is 2.06. The third kappa shape index (κ3) is 3.11. The lowest BCUT2D eigenvalue weighted by Gasteiger charge is -2.07. The minimum atomic E-state index is -4.52. The molecule has 0 saturated heterocycles. The van der Waals surface area contributed by atoms with Gasteiger partial charge in [-0.1, -0.05) is 23.4 Å². The molecule has 1 aromatic heterocycles. The number of aromatic nitrogens is 1. The number of nitrogens with two attached hydrogens (primary N) is 1. The van der Waals surface area contributed by atoms with Crippen LogP contribution in [-0.2, 0) is 6.18 Å². The van der Waals surface area contributed by atoms with E-state index in [1.807, 2.05) is 0 Å². The third-order valence-electron chi connectivity index (χ3n) is 1.48. The highest BCUT2D eigenvalue weighted by Crippen LogP contribution is 2.33.